The van der Waals surface area contributed by atoms with Gasteiger partial charge >= 0.3 is 0 Å². The van der Waals surface area contributed by atoms with Crippen LogP contribution in [0.15, 0.2) is 54.1 Å². The molecule has 7 nitrogen and oxygen atoms in total. The molecule has 3 aromatic rings. The maximum atomic E-state index is 11.5. The minimum Gasteiger partial charge on any atom is -0.393 e. The summed E-state index contributed by atoms with van der Waals surface area (Å²) in [5, 5.41) is 27.4. The number of aliphatic hydroxyl groups is 2. The van der Waals surface area contributed by atoms with Crippen molar-refractivity contribution in [1.29, 1.82) is 0 Å². The second-order valence-corrected chi connectivity index (χ2v) is 6.11. The van der Waals surface area contributed by atoms with Crippen LogP contribution in [-0.2, 0) is 11.3 Å². The number of nitrogens with zero attached hydrogens (tertiary/aromatic N) is 3. The van der Waals surface area contributed by atoms with Crippen LogP contribution in [-0.4, -0.2) is 37.5 Å². The van der Waals surface area contributed by atoms with E-state index < -0.39 is 12.7 Å². The summed E-state index contributed by atoms with van der Waals surface area (Å²) in [7, 11) is 0. The minimum absolute atomic E-state index is 0.135. The molecule has 0 saturated heterocycles. The molecule has 26 heavy (non-hydrogen) atoms. The maximum absolute atomic E-state index is 11.5. The molecule has 3 rings (SSSR count). The van der Waals surface area contributed by atoms with Crippen molar-refractivity contribution < 1.29 is 15.0 Å². The van der Waals surface area contributed by atoms with Crippen LogP contribution in [0.25, 0.3) is 16.7 Å². The molecule has 1 unspecified atom stereocenters. The molecule has 1 aromatic carbocycles. The van der Waals surface area contributed by atoms with Crippen molar-refractivity contribution in [3.8, 4) is 5.69 Å². The molecule has 134 valence electrons. The number of carbonyl (C=O) groups is 1. The Balaban J connectivity index is 2.18. The topological polar surface area (TPSA) is 100 Å². The summed E-state index contributed by atoms with van der Waals surface area (Å²) in [6.07, 6.45) is 1.65. The highest BCUT2D eigenvalue weighted by molar-refractivity contribution is 7.80. The standard InChI is InChI=1S/C18H18N4O3S/c1-2-16(25)20-9-14-17-13(15(24)10-23)7-8-19-18(17)22(21-14)11-3-5-12(26)6-4-11/h2-8,15,23-24,26H,1,9-10H2,(H,20,25). The second kappa shape index (κ2) is 7.69. The summed E-state index contributed by atoms with van der Waals surface area (Å²) in [6, 6.07) is 8.98. The molecular formula is C18H18N4O3S. The van der Waals surface area contributed by atoms with Crippen molar-refractivity contribution in [2.24, 2.45) is 0 Å². The van der Waals surface area contributed by atoms with Gasteiger partial charge in [0, 0.05) is 11.1 Å². The minimum atomic E-state index is -1.08. The van der Waals surface area contributed by atoms with Gasteiger partial charge in [0.15, 0.2) is 5.65 Å². The van der Waals surface area contributed by atoms with Crippen molar-refractivity contribution in [2.45, 2.75) is 17.5 Å². The van der Waals surface area contributed by atoms with E-state index in [0.717, 1.165) is 10.6 Å². The molecular weight excluding hydrogens is 352 g/mol. The van der Waals surface area contributed by atoms with Crippen LogP contribution in [0.4, 0.5) is 0 Å². The predicted molar refractivity (Wildman–Crippen MR) is 100 cm³/mol. The number of hydrogen-bond donors (Lipinski definition) is 4. The summed E-state index contributed by atoms with van der Waals surface area (Å²) < 4.78 is 1.63. The first-order valence-corrected chi connectivity index (χ1v) is 8.35. The van der Waals surface area contributed by atoms with E-state index in [9.17, 15) is 15.0 Å². The number of aliphatic hydroxyl groups excluding tert-OH is 2. The predicted octanol–water partition coefficient (Wildman–Crippen LogP) is 1.54. The van der Waals surface area contributed by atoms with Gasteiger partial charge in [0.05, 0.1) is 29.9 Å². The van der Waals surface area contributed by atoms with Crippen molar-refractivity contribution >= 4 is 29.6 Å². The summed E-state index contributed by atoms with van der Waals surface area (Å²) in [5.41, 5.74) is 2.31. The lowest BCUT2D eigenvalue weighted by Gasteiger charge is -2.10. The Hall–Kier alpha value is -2.68. The molecule has 1 amide bonds. The zero-order valence-electron chi connectivity index (χ0n) is 13.8. The zero-order chi connectivity index (χ0) is 18.7. The number of benzene rings is 1. The van der Waals surface area contributed by atoms with E-state index in [2.05, 4.69) is 34.6 Å². The first-order chi connectivity index (χ1) is 12.5. The monoisotopic (exact) mass is 370 g/mol. The fourth-order valence-electron chi connectivity index (χ4n) is 2.66. The molecule has 0 aliphatic heterocycles. The lowest BCUT2D eigenvalue weighted by molar-refractivity contribution is -0.116. The lowest BCUT2D eigenvalue weighted by Crippen LogP contribution is -2.20. The SMILES string of the molecule is C=CC(=O)NCc1nn(-c2ccc(S)cc2)c2nccc(C(O)CO)c12. The van der Waals surface area contributed by atoms with Crippen LogP contribution in [0.5, 0.6) is 0 Å². The lowest BCUT2D eigenvalue weighted by atomic mass is 10.1. The van der Waals surface area contributed by atoms with E-state index in [0.29, 0.717) is 22.3 Å². The molecule has 0 fully saturated rings. The number of carbonyl (C=O) groups excluding carboxylic acids is 1. The van der Waals surface area contributed by atoms with Crippen LogP contribution in [0.2, 0.25) is 0 Å². The van der Waals surface area contributed by atoms with Gasteiger partial charge < -0.3 is 15.5 Å². The number of amides is 1. The van der Waals surface area contributed by atoms with Gasteiger partial charge in [-0.05, 0) is 42.0 Å². The van der Waals surface area contributed by atoms with Crippen LogP contribution in [0.1, 0.15) is 17.4 Å². The largest absolute Gasteiger partial charge is 0.393 e. The Bertz CT molecular complexity index is 953. The van der Waals surface area contributed by atoms with Gasteiger partial charge in [0.25, 0.3) is 0 Å². The molecule has 0 bridgehead atoms. The zero-order valence-corrected chi connectivity index (χ0v) is 14.7. The Kier molecular flexibility index (Phi) is 5.36. The molecule has 0 aliphatic rings. The normalized spacial score (nSPS) is 12.1. The molecule has 0 radical (unpaired) electrons. The first kappa shape index (κ1) is 18.1. The van der Waals surface area contributed by atoms with Crippen molar-refractivity contribution in [2.75, 3.05) is 6.61 Å². The average Bonchev–Trinajstić information content (AvgIpc) is 3.05. The molecule has 0 saturated carbocycles. The number of thiol groups is 1. The molecule has 0 aliphatic carbocycles. The van der Waals surface area contributed by atoms with Crippen LogP contribution < -0.4 is 5.32 Å². The average molecular weight is 370 g/mol. The molecule has 0 spiro atoms. The highest BCUT2D eigenvalue weighted by Crippen LogP contribution is 2.28. The third kappa shape index (κ3) is 3.48. The summed E-state index contributed by atoms with van der Waals surface area (Å²) in [5.74, 6) is -0.333. The molecule has 2 heterocycles. The van der Waals surface area contributed by atoms with E-state index >= 15 is 0 Å². The van der Waals surface area contributed by atoms with Crippen LogP contribution in [0, 0.1) is 0 Å². The van der Waals surface area contributed by atoms with Crippen molar-refractivity contribution in [1.82, 2.24) is 20.1 Å². The van der Waals surface area contributed by atoms with Crippen molar-refractivity contribution in [3.05, 3.63) is 60.4 Å². The summed E-state index contributed by atoms with van der Waals surface area (Å²) in [4.78, 5) is 16.7. The number of pyridine rings is 1. The van der Waals surface area contributed by atoms with Gasteiger partial charge in [0.2, 0.25) is 5.91 Å². The second-order valence-electron chi connectivity index (χ2n) is 5.59. The van der Waals surface area contributed by atoms with Crippen LogP contribution in [0.3, 0.4) is 0 Å². The van der Waals surface area contributed by atoms with Crippen molar-refractivity contribution in [3.63, 3.8) is 0 Å². The number of rotatable bonds is 6. The summed E-state index contributed by atoms with van der Waals surface area (Å²) >= 11 is 4.28. The van der Waals surface area contributed by atoms with E-state index in [1.807, 2.05) is 24.3 Å². The molecule has 1 atom stereocenters. The third-order valence-corrected chi connectivity index (χ3v) is 4.21. The van der Waals surface area contributed by atoms with E-state index in [1.54, 1.807) is 16.9 Å². The van der Waals surface area contributed by atoms with Gasteiger partial charge in [-0.3, -0.25) is 4.79 Å². The Morgan fingerprint density at radius 2 is 2.08 bits per heavy atom. The number of nitrogens with one attached hydrogen (secondary N) is 1. The molecule has 8 heteroatoms. The van der Waals surface area contributed by atoms with Crippen LogP contribution >= 0.6 is 12.6 Å². The quantitative estimate of drug-likeness (QED) is 0.390. The number of hydrogen-bond acceptors (Lipinski definition) is 6. The highest BCUT2D eigenvalue weighted by atomic mass is 32.1. The fraction of sp³-hybridized carbons (Fsp3) is 0.167. The van der Waals surface area contributed by atoms with E-state index in [-0.39, 0.29) is 12.5 Å². The highest BCUT2D eigenvalue weighted by Gasteiger charge is 2.20. The molecule has 3 N–H and O–H groups in total. The Labute approximate surface area is 155 Å². The van der Waals surface area contributed by atoms with Gasteiger partial charge in [0.1, 0.15) is 6.10 Å². The number of fused-ring (bicyclic) bond motifs is 1. The van der Waals surface area contributed by atoms with Gasteiger partial charge in [-0.15, -0.1) is 12.6 Å². The summed E-state index contributed by atoms with van der Waals surface area (Å²) in [6.45, 7) is 3.13. The van der Waals surface area contributed by atoms with Gasteiger partial charge in [-0.25, -0.2) is 9.67 Å². The number of aromatic nitrogens is 3. The fourth-order valence-corrected chi connectivity index (χ4v) is 2.81. The smallest absolute Gasteiger partial charge is 0.243 e. The van der Waals surface area contributed by atoms with E-state index in [1.165, 1.54) is 6.08 Å². The maximum Gasteiger partial charge on any atom is 0.243 e. The first-order valence-electron chi connectivity index (χ1n) is 7.90. The Morgan fingerprint density at radius 3 is 2.73 bits per heavy atom. The van der Waals surface area contributed by atoms with E-state index in [4.69, 9.17) is 0 Å². The Morgan fingerprint density at radius 1 is 1.35 bits per heavy atom. The van der Waals surface area contributed by atoms with Gasteiger partial charge in [-0.2, -0.15) is 5.10 Å². The third-order valence-electron chi connectivity index (χ3n) is 3.91. The molecule has 2 aromatic heterocycles. The van der Waals surface area contributed by atoms with Gasteiger partial charge in [-0.1, -0.05) is 6.58 Å².